The van der Waals surface area contributed by atoms with Crippen LogP contribution in [0.25, 0.3) is 10.2 Å². The Kier molecular flexibility index (Phi) is 2.81. The average Bonchev–Trinajstić information content (AvgIpc) is 3.27. The highest BCUT2D eigenvalue weighted by molar-refractivity contribution is 7.22. The number of thiazole rings is 1. The van der Waals surface area contributed by atoms with Crippen LogP contribution >= 0.6 is 11.3 Å². The summed E-state index contributed by atoms with van der Waals surface area (Å²) in [5.74, 6) is 0.865. The standard InChI is InChI=1S/C15H14FN3O3S/c16-5-10-13-8(6-22-10)17-14(20)19(13)15-18-12-7-3-4-21-9(7)1-2-11(12)23-15/h1-2,8,10,13H,3-6H2,(H,17,20)/t8-,10+,13-/m0/s1. The van der Waals surface area contributed by atoms with Gasteiger partial charge in [0.1, 0.15) is 18.5 Å². The first-order valence-electron chi connectivity index (χ1n) is 7.59. The number of carbonyl (C=O) groups excluding carboxylic acids is 1. The van der Waals surface area contributed by atoms with Crippen molar-refractivity contribution in [2.75, 3.05) is 24.8 Å². The zero-order valence-corrected chi connectivity index (χ0v) is 12.9. The minimum Gasteiger partial charge on any atom is -0.493 e. The molecule has 120 valence electrons. The van der Waals surface area contributed by atoms with E-state index in [1.165, 1.54) is 11.3 Å². The molecule has 1 aromatic carbocycles. The molecule has 23 heavy (non-hydrogen) atoms. The number of anilines is 1. The number of rotatable bonds is 2. The third-order valence-corrected chi connectivity index (χ3v) is 5.71. The van der Waals surface area contributed by atoms with Crippen molar-refractivity contribution in [3.8, 4) is 5.75 Å². The highest BCUT2D eigenvalue weighted by Crippen LogP contribution is 2.40. The summed E-state index contributed by atoms with van der Waals surface area (Å²) in [7, 11) is 0. The minimum atomic E-state index is -0.610. The molecule has 2 aromatic rings. The van der Waals surface area contributed by atoms with E-state index in [0.717, 1.165) is 28.0 Å². The van der Waals surface area contributed by atoms with Crippen LogP contribution < -0.4 is 15.0 Å². The summed E-state index contributed by atoms with van der Waals surface area (Å²) in [6, 6.07) is 3.17. The number of nitrogens with one attached hydrogen (secondary N) is 1. The number of amides is 2. The molecule has 6 nitrogen and oxygen atoms in total. The summed E-state index contributed by atoms with van der Waals surface area (Å²) < 4.78 is 25.2. The van der Waals surface area contributed by atoms with Crippen LogP contribution in [0.3, 0.4) is 0 Å². The smallest absolute Gasteiger partial charge is 0.324 e. The Hall–Kier alpha value is -1.93. The third-order valence-electron chi connectivity index (χ3n) is 4.69. The molecule has 2 amide bonds. The van der Waals surface area contributed by atoms with Gasteiger partial charge in [-0.25, -0.2) is 14.2 Å². The number of hydrogen-bond donors (Lipinski definition) is 1. The Morgan fingerprint density at radius 1 is 1.48 bits per heavy atom. The summed E-state index contributed by atoms with van der Waals surface area (Å²) in [4.78, 5) is 18.6. The number of aromatic nitrogens is 1. The fourth-order valence-corrected chi connectivity index (χ4v) is 4.67. The van der Waals surface area contributed by atoms with Crippen LogP contribution in [0.4, 0.5) is 14.3 Å². The first-order chi connectivity index (χ1) is 11.3. The molecule has 0 aliphatic carbocycles. The molecular weight excluding hydrogens is 321 g/mol. The summed E-state index contributed by atoms with van der Waals surface area (Å²) in [5.41, 5.74) is 1.97. The number of halogens is 1. The largest absolute Gasteiger partial charge is 0.493 e. The Balaban J connectivity index is 1.61. The van der Waals surface area contributed by atoms with Crippen LogP contribution in [-0.2, 0) is 11.2 Å². The van der Waals surface area contributed by atoms with Crippen molar-refractivity contribution in [2.24, 2.45) is 0 Å². The Labute approximate surface area is 135 Å². The number of carbonyl (C=O) groups is 1. The van der Waals surface area contributed by atoms with Gasteiger partial charge < -0.3 is 14.8 Å². The molecule has 0 bridgehead atoms. The lowest BCUT2D eigenvalue weighted by Crippen LogP contribution is -2.42. The summed E-state index contributed by atoms with van der Waals surface area (Å²) >= 11 is 1.45. The molecule has 1 aromatic heterocycles. The highest BCUT2D eigenvalue weighted by Gasteiger charge is 2.50. The molecule has 2 fully saturated rings. The van der Waals surface area contributed by atoms with Crippen molar-refractivity contribution in [3.63, 3.8) is 0 Å². The van der Waals surface area contributed by atoms with E-state index in [-0.39, 0.29) is 18.1 Å². The second kappa shape index (κ2) is 4.78. The summed E-state index contributed by atoms with van der Waals surface area (Å²) in [6.45, 7) is 0.393. The van der Waals surface area contributed by atoms with Gasteiger partial charge in [-0.05, 0) is 12.1 Å². The van der Waals surface area contributed by atoms with E-state index in [0.29, 0.717) is 18.3 Å². The van der Waals surface area contributed by atoms with E-state index in [4.69, 9.17) is 9.47 Å². The number of alkyl halides is 1. The molecule has 4 heterocycles. The van der Waals surface area contributed by atoms with E-state index in [2.05, 4.69) is 10.3 Å². The average molecular weight is 335 g/mol. The predicted molar refractivity (Wildman–Crippen MR) is 83.1 cm³/mol. The van der Waals surface area contributed by atoms with Gasteiger partial charge in [-0.3, -0.25) is 4.90 Å². The Bertz CT molecular complexity index is 811. The van der Waals surface area contributed by atoms with Gasteiger partial charge >= 0.3 is 6.03 Å². The Morgan fingerprint density at radius 2 is 2.39 bits per heavy atom. The molecular formula is C15H14FN3O3S. The molecule has 0 radical (unpaired) electrons. The number of hydrogen-bond acceptors (Lipinski definition) is 5. The van der Waals surface area contributed by atoms with Crippen LogP contribution in [0.5, 0.6) is 5.75 Å². The van der Waals surface area contributed by atoms with Gasteiger partial charge in [0.2, 0.25) is 0 Å². The molecule has 3 atom stereocenters. The lowest BCUT2D eigenvalue weighted by Gasteiger charge is -2.22. The number of nitrogens with zero attached hydrogens (tertiary/aromatic N) is 2. The van der Waals surface area contributed by atoms with Crippen molar-refractivity contribution < 1.29 is 18.7 Å². The number of fused-ring (bicyclic) bond motifs is 4. The van der Waals surface area contributed by atoms with E-state index >= 15 is 0 Å². The lowest BCUT2D eigenvalue weighted by molar-refractivity contribution is 0.0791. The molecule has 5 rings (SSSR count). The second-order valence-electron chi connectivity index (χ2n) is 5.93. The van der Waals surface area contributed by atoms with Gasteiger partial charge in [0.25, 0.3) is 0 Å². The van der Waals surface area contributed by atoms with E-state index in [9.17, 15) is 9.18 Å². The van der Waals surface area contributed by atoms with Crippen LogP contribution in [0.2, 0.25) is 0 Å². The molecule has 3 aliphatic heterocycles. The molecule has 1 N–H and O–H groups in total. The van der Waals surface area contributed by atoms with Crippen molar-refractivity contribution in [3.05, 3.63) is 17.7 Å². The van der Waals surface area contributed by atoms with Crippen molar-refractivity contribution in [2.45, 2.75) is 24.6 Å². The maximum Gasteiger partial charge on any atom is 0.324 e. The van der Waals surface area contributed by atoms with Crippen LogP contribution in [-0.4, -0.2) is 49.1 Å². The first-order valence-corrected chi connectivity index (χ1v) is 8.40. The van der Waals surface area contributed by atoms with Crippen molar-refractivity contribution in [1.29, 1.82) is 0 Å². The molecule has 0 saturated carbocycles. The van der Waals surface area contributed by atoms with E-state index in [1.807, 2.05) is 12.1 Å². The molecule has 0 spiro atoms. The van der Waals surface area contributed by atoms with Gasteiger partial charge in [0, 0.05) is 12.0 Å². The second-order valence-corrected chi connectivity index (χ2v) is 6.94. The minimum absolute atomic E-state index is 0.177. The molecule has 2 saturated heterocycles. The van der Waals surface area contributed by atoms with Crippen LogP contribution in [0.15, 0.2) is 12.1 Å². The van der Waals surface area contributed by atoms with Gasteiger partial charge in [-0.2, -0.15) is 0 Å². The SMILES string of the molecule is O=C1N[C@H]2CO[C@H](CF)[C@H]2N1c1nc2c3c(ccc2s1)OCC3. The Morgan fingerprint density at radius 3 is 3.26 bits per heavy atom. The quantitative estimate of drug-likeness (QED) is 0.910. The zero-order chi connectivity index (χ0) is 15.6. The topological polar surface area (TPSA) is 63.7 Å². The predicted octanol–water partition coefficient (Wildman–Crippen LogP) is 1.87. The molecule has 3 aliphatic rings. The number of ether oxygens (including phenoxy) is 2. The van der Waals surface area contributed by atoms with Gasteiger partial charge in [0.05, 0.1) is 35.5 Å². The fraction of sp³-hybridized carbons (Fsp3) is 0.467. The van der Waals surface area contributed by atoms with Crippen molar-refractivity contribution >= 4 is 32.7 Å². The third kappa shape index (κ3) is 1.82. The molecule has 0 unspecified atom stereocenters. The maximum atomic E-state index is 13.2. The zero-order valence-electron chi connectivity index (χ0n) is 12.1. The van der Waals surface area contributed by atoms with Gasteiger partial charge in [-0.1, -0.05) is 11.3 Å². The van der Waals surface area contributed by atoms with Crippen LogP contribution in [0.1, 0.15) is 5.56 Å². The fourth-order valence-electron chi connectivity index (χ4n) is 3.63. The van der Waals surface area contributed by atoms with Crippen molar-refractivity contribution in [1.82, 2.24) is 10.3 Å². The van der Waals surface area contributed by atoms with Crippen LogP contribution in [0, 0.1) is 0 Å². The lowest BCUT2D eigenvalue weighted by atomic mass is 10.1. The van der Waals surface area contributed by atoms with E-state index in [1.54, 1.807) is 4.90 Å². The molecule has 8 heteroatoms. The van der Waals surface area contributed by atoms with Gasteiger partial charge in [0.15, 0.2) is 5.13 Å². The number of urea groups is 1. The first kappa shape index (κ1) is 13.5. The normalized spacial score (nSPS) is 28.8. The summed E-state index contributed by atoms with van der Waals surface area (Å²) in [6.07, 6.45) is 0.227. The summed E-state index contributed by atoms with van der Waals surface area (Å²) in [5, 5.41) is 3.45. The van der Waals surface area contributed by atoms with Gasteiger partial charge in [-0.15, -0.1) is 0 Å². The van der Waals surface area contributed by atoms with E-state index < -0.39 is 12.8 Å². The monoisotopic (exact) mass is 335 g/mol. The maximum absolute atomic E-state index is 13.2. The number of benzene rings is 1. The highest BCUT2D eigenvalue weighted by atomic mass is 32.1.